The minimum absolute atomic E-state index is 0.0326. The van der Waals surface area contributed by atoms with E-state index in [0.717, 1.165) is 11.0 Å². The number of hydrogen-bond donors (Lipinski definition) is 0. The Bertz CT molecular complexity index is 394. The van der Waals surface area contributed by atoms with Crippen LogP contribution in [0.25, 0.3) is 0 Å². The maximum Gasteiger partial charge on any atom is 0.255 e. The lowest BCUT2D eigenvalue weighted by Gasteiger charge is -2.34. The van der Waals surface area contributed by atoms with E-state index in [0.29, 0.717) is 25.3 Å². The second-order valence-electron chi connectivity index (χ2n) is 4.07. The monoisotopic (exact) mass is 298 g/mol. The number of carbonyl (C=O) groups is 1. The highest BCUT2D eigenvalue weighted by atomic mass is 79.9. The van der Waals surface area contributed by atoms with Crippen LogP contribution in [0.15, 0.2) is 18.3 Å². The second-order valence-corrected chi connectivity index (χ2v) is 4.72. The van der Waals surface area contributed by atoms with Crippen molar-refractivity contribution >= 4 is 21.8 Å². The van der Waals surface area contributed by atoms with Crippen molar-refractivity contribution in [3.63, 3.8) is 0 Å². The fourth-order valence-electron chi connectivity index (χ4n) is 1.81. The maximum absolute atomic E-state index is 12.3. The first-order chi connectivity index (χ1) is 8.22. The van der Waals surface area contributed by atoms with Gasteiger partial charge in [0.25, 0.3) is 5.91 Å². The van der Waals surface area contributed by atoms with Gasteiger partial charge < -0.3 is 9.64 Å². The standard InChI is InChI=1S/C12H15BrN2O2/c1-9-2-3-10(7-14-9)12(16)15-4-5-17-8-11(15)6-13/h2-3,7,11H,4-6,8H2,1H3. The summed E-state index contributed by atoms with van der Waals surface area (Å²) < 4.78 is 5.37. The molecule has 1 atom stereocenters. The average Bonchev–Trinajstić information content (AvgIpc) is 2.39. The van der Waals surface area contributed by atoms with Crippen LogP contribution in [0.5, 0.6) is 0 Å². The molecule has 0 saturated carbocycles. The predicted octanol–water partition coefficient (Wildman–Crippen LogP) is 1.63. The quantitative estimate of drug-likeness (QED) is 0.780. The van der Waals surface area contributed by atoms with E-state index in [2.05, 4.69) is 20.9 Å². The highest BCUT2D eigenvalue weighted by Crippen LogP contribution is 2.14. The molecule has 4 nitrogen and oxygen atoms in total. The van der Waals surface area contributed by atoms with Crippen LogP contribution in [0.4, 0.5) is 0 Å². The fourth-order valence-corrected chi connectivity index (χ4v) is 2.35. The van der Waals surface area contributed by atoms with E-state index in [1.54, 1.807) is 6.20 Å². The summed E-state index contributed by atoms with van der Waals surface area (Å²) in [7, 11) is 0. The number of morpholine rings is 1. The number of amides is 1. The third-order valence-corrected chi connectivity index (χ3v) is 3.57. The number of pyridine rings is 1. The van der Waals surface area contributed by atoms with Gasteiger partial charge in [-0.3, -0.25) is 9.78 Å². The first kappa shape index (κ1) is 12.5. The van der Waals surface area contributed by atoms with Gasteiger partial charge in [0.05, 0.1) is 24.8 Å². The van der Waals surface area contributed by atoms with E-state index in [1.165, 1.54) is 0 Å². The third-order valence-electron chi connectivity index (χ3n) is 2.82. The number of rotatable bonds is 2. The number of nitrogens with zero attached hydrogens (tertiary/aromatic N) is 2. The number of halogens is 1. The highest BCUT2D eigenvalue weighted by Gasteiger charge is 2.27. The van der Waals surface area contributed by atoms with Crippen LogP contribution in [0.3, 0.4) is 0 Å². The molecule has 1 aromatic rings. The number of hydrogen-bond acceptors (Lipinski definition) is 3. The Labute approximate surface area is 109 Å². The van der Waals surface area contributed by atoms with Crippen LogP contribution < -0.4 is 0 Å². The van der Waals surface area contributed by atoms with E-state index in [-0.39, 0.29) is 11.9 Å². The Morgan fingerprint density at radius 1 is 1.65 bits per heavy atom. The smallest absolute Gasteiger partial charge is 0.255 e. The van der Waals surface area contributed by atoms with Gasteiger partial charge in [-0.1, -0.05) is 15.9 Å². The van der Waals surface area contributed by atoms with E-state index < -0.39 is 0 Å². The minimum Gasteiger partial charge on any atom is -0.377 e. The molecule has 2 rings (SSSR count). The molecule has 1 aromatic heterocycles. The zero-order valence-electron chi connectivity index (χ0n) is 9.73. The molecule has 1 aliphatic rings. The van der Waals surface area contributed by atoms with Crippen LogP contribution >= 0.6 is 15.9 Å². The number of aromatic nitrogens is 1. The van der Waals surface area contributed by atoms with Gasteiger partial charge in [0.15, 0.2) is 0 Å². The average molecular weight is 299 g/mol. The van der Waals surface area contributed by atoms with Crippen molar-refractivity contribution < 1.29 is 9.53 Å². The molecule has 17 heavy (non-hydrogen) atoms. The van der Waals surface area contributed by atoms with Gasteiger partial charge in [-0.25, -0.2) is 0 Å². The van der Waals surface area contributed by atoms with E-state index >= 15 is 0 Å². The van der Waals surface area contributed by atoms with Crippen molar-refractivity contribution in [2.24, 2.45) is 0 Å². The van der Waals surface area contributed by atoms with Crippen molar-refractivity contribution in [1.82, 2.24) is 9.88 Å². The Kier molecular flexibility index (Phi) is 4.12. The number of ether oxygens (including phenoxy) is 1. The molecule has 0 aliphatic carbocycles. The zero-order valence-corrected chi connectivity index (χ0v) is 11.3. The molecular weight excluding hydrogens is 284 g/mol. The molecule has 1 aliphatic heterocycles. The SMILES string of the molecule is Cc1ccc(C(=O)N2CCOCC2CBr)cn1. The van der Waals surface area contributed by atoms with Crippen molar-refractivity contribution in [3.8, 4) is 0 Å². The Morgan fingerprint density at radius 3 is 3.12 bits per heavy atom. The summed E-state index contributed by atoms with van der Waals surface area (Å²) in [6, 6.07) is 3.79. The van der Waals surface area contributed by atoms with Gasteiger partial charge >= 0.3 is 0 Å². The normalized spacial score (nSPS) is 20.4. The van der Waals surface area contributed by atoms with Gasteiger partial charge in [0.2, 0.25) is 0 Å². The van der Waals surface area contributed by atoms with Crippen LogP contribution in [0.1, 0.15) is 16.1 Å². The molecule has 1 amide bonds. The molecule has 1 unspecified atom stereocenters. The lowest BCUT2D eigenvalue weighted by molar-refractivity contribution is 0.00522. The third kappa shape index (κ3) is 2.84. The minimum atomic E-state index is 0.0326. The molecule has 2 heterocycles. The molecule has 0 spiro atoms. The highest BCUT2D eigenvalue weighted by molar-refractivity contribution is 9.09. The zero-order chi connectivity index (χ0) is 12.3. The van der Waals surface area contributed by atoms with E-state index in [1.807, 2.05) is 24.0 Å². The molecule has 5 heteroatoms. The maximum atomic E-state index is 12.3. The predicted molar refractivity (Wildman–Crippen MR) is 68.4 cm³/mol. The van der Waals surface area contributed by atoms with Crippen molar-refractivity contribution in [3.05, 3.63) is 29.6 Å². The van der Waals surface area contributed by atoms with E-state index in [4.69, 9.17) is 4.74 Å². The van der Waals surface area contributed by atoms with E-state index in [9.17, 15) is 4.79 Å². The lowest BCUT2D eigenvalue weighted by Crippen LogP contribution is -2.49. The summed E-state index contributed by atoms with van der Waals surface area (Å²) in [5, 5.41) is 0.734. The number of alkyl halides is 1. The van der Waals surface area contributed by atoms with Gasteiger partial charge in [-0.15, -0.1) is 0 Å². The second kappa shape index (κ2) is 5.60. The van der Waals surface area contributed by atoms with Crippen molar-refractivity contribution in [2.75, 3.05) is 25.1 Å². The summed E-state index contributed by atoms with van der Waals surface area (Å²) in [4.78, 5) is 18.3. The Balaban J connectivity index is 2.15. The Morgan fingerprint density at radius 2 is 2.47 bits per heavy atom. The topological polar surface area (TPSA) is 42.4 Å². The molecule has 0 N–H and O–H groups in total. The van der Waals surface area contributed by atoms with Gasteiger partial charge in [0, 0.05) is 23.8 Å². The molecular formula is C12H15BrN2O2. The van der Waals surface area contributed by atoms with Crippen molar-refractivity contribution in [2.45, 2.75) is 13.0 Å². The molecule has 92 valence electrons. The van der Waals surface area contributed by atoms with Gasteiger partial charge in [0.1, 0.15) is 0 Å². The largest absolute Gasteiger partial charge is 0.377 e. The molecule has 1 fully saturated rings. The first-order valence-electron chi connectivity index (χ1n) is 5.59. The number of carbonyl (C=O) groups excluding carboxylic acids is 1. The molecule has 0 aromatic carbocycles. The molecule has 0 radical (unpaired) electrons. The molecule has 1 saturated heterocycles. The number of aryl methyl sites for hydroxylation is 1. The summed E-state index contributed by atoms with van der Waals surface area (Å²) in [5.41, 5.74) is 1.56. The summed E-state index contributed by atoms with van der Waals surface area (Å²) >= 11 is 3.41. The van der Waals surface area contributed by atoms with Crippen molar-refractivity contribution in [1.29, 1.82) is 0 Å². The summed E-state index contributed by atoms with van der Waals surface area (Å²) in [6.07, 6.45) is 1.64. The van der Waals surface area contributed by atoms with Crippen LogP contribution in [-0.4, -0.2) is 46.9 Å². The summed E-state index contributed by atoms with van der Waals surface area (Å²) in [6.45, 7) is 3.75. The van der Waals surface area contributed by atoms with Gasteiger partial charge in [-0.2, -0.15) is 0 Å². The fraction of sp³-hybridized carbons (Fsp3) is 0.500. The summed E-state index contributed by atoms with van der Waals surface area (Å²) in [5.74, 6) is 0.0326. The lowest BCUT2D eigenvalue weighted by atomic mass is 10.2. The van der Waals surface area contributed by atoms with Crippen LogP contribution in [0.2, 0.25) is 0 Å². The first-order valence-corrected chi connectivity index (χ1v) is 6.72. The van der Waals surface area contributed by atoms with Gasteiger partial charge in [-0.05, 0) is 19.1 Å². The molecule has 0 bridgehead atoms. The Hall–Kier alpha value is -0.940. The van der Waals surface area contributed by atoms with Crippen LogP contribution in [-0.2, 0) is 4.74 Å². The van der Waals surface area contributed by atoms with Crippen LogP contribution in [0, 0.1) is 6.92 Å².